The number of nitrogens with one attached hydrogen (secondary N) is 2. The summed E-state index contributed by atoms with van der Waals surface area (Å²) in [5, 5.41) is 3.38. The molecule has 2 saturated heterocycles. The van der Waals surface area contributed by atoms with Crippen LogP contribution in [0.15, 0.2) is 29.2 Å². The molecule has 1 amide bonds. The molecule has 0 spiro atoms. The molecule has 3 rings (SSSR count). The fraction of sp³-hybridized carbons (Fsp3) is 0.611. The van der Waals surface area contributed by atoms with Crippen molar-refractivity contribution in [2.24, 2.45) is 0 Å². The molecule has 7 heteroatoms. The number of hydrogen-bond acceptors (Lipinski definition) is 4. The van der Waals surface area contributed by atoms with Gasteiger partial charge in [0.1, 0.15) is 0 Å². The van der Waals surface area contributed by atoms with Crippen LogP contribution in [0.3, 0.4) is 0 Å². The van der Waals surface area contributed by atoms with Crippen LogP contribution >= 0.6 is 0 Å². The molecule has 2 fully saturated rings. The second-order valence-electron chi connectivity index (χ2n) is 7.97. The van der Waals surface area contributed by atoms with E-state index >= 15 is 0 Å². The minimum absolute atomic E-state index is 0.00364. The zero-order valence-corrected chi connectivity index (χ0v) is 15.9. The Morgan fingerprint density at radius 1 is 1.12 bits per heavy atom. The SMILES string of the molecule is CC(C)(C)NS(=O)(=O)c1ccc(C(=O)N2C3CCNCC2CC3)cc1. The Morgan fingerprint density at radius 2 is 1.76 bits per heavy atom. The number of carbonyl (C=O) groups excluding carboxylic acids is 1. The van der Waals surface area contributed by atoms with Gasteiger partial charge in [-0.15, -0.1) is 0 Å². The Morgan fingerprint density at radius 3 is 2.40 bits per heavy atom. The van der Waals surface area contributed by atoms with Gasteiger partial charge in [-0.25, -0.2) is 13.1 Å². The van der Waals surface area contributed by atoms with E-state index in [0.717, 1.165) is 32.4 Å². The van der Waals surface area contributed by atoms with E-state index in [-0.39, 0.29) is 16.8 Å². The second-order valence-corrected chi connectivity index (χ2v) is 9.65. The first-order valence-corrected chi connectivity index (χ1v) is 10.3. The molecule has 0 aromatic heterocycles. The maximum atomic E-state index is 12.9. The van der Waals surface area contributed by atoms with Crippen LogP contribution in [0.4, 0.5) is 0 Å². The summed E-state index contributed by atoms with van der Waals surface area (Å²) in [4.78, 5) is 15.1. The van der Waals surface area contributed by atoms with Crippen molar-refractivity contribution in [3.8, 4) is 0 Å². The van der Waals surface area contributed by atoms with Crippen molar-refractivity contribution in [2.75, 3.05) is 13.1 Å². The lowest BCUT2D eigenvalue weighted by atomic mass is 10.1. The molecular formula is C18H27N3O3S. The minimum Gasteiger partial charge on any atom is -0.331 e. The Kier molecular flexibility index (Phi) is 4.92. The van der Waals surface area contributed by atoms with E-state index in [1.54, 1.807) is 32.9 Å². The average Bonchev–Trinajstić information content (AvgIpc) is 2.77. The second kappa shape index (κ2) is 6.70. The molecule has 0 saturated carbocycles. The van der Waals surface area contributed by atoms with Crippen LogP contribution in [0.25, 0.3) is 0 Å². The van der Waals surface area contributed by atoms with E-state index in [1.165, 1.54) is 12.1 Å². The first-order valence-electron chi connectivity index (χ1n) is 8.85. The molecule has 2 N–H and O–H groups in total. The number of hydrogen-bond donors (Lipinski definition) is 2. The van der Waals surface area contributed by atoms with Gasteiger partial charge in [0.25, 0.3) is 5.91 Å². The van der Waals surface area contributed by atoms with Gasteiger partial charge in [0.2, 0.25) is 10.0 Å². The average molecular weight is 365 g/mol. The molecule has 1 aromatic carbocycles. The Bertz CT molecular complexity index is 724. The predicted molar refractivity (Wildman–Crippen MR) is 97.0 cm³/mol. The Labute approximate surface area is 150 Å². The lowest BCUT2D eigenvalue weighted by Crippen LogP contribution is -2.42. The number of nitrogens with zero attached hydrogens (tertiary/aromatic N) is 1. The highest BCUT2D eigenvalue weighted by Gasteiger charge is 2.38. The third kappa shape index (κ3) is 4.04. The molecule has 2 unspecified atom stereocenters. The van der Waals surface area contributed by atoms with Crippen LogP contribution < -0.4 is 10.0 Å². The standard InChI is InChI=1S/C18H27N3O3S/c1-18(2,3)20-25(23,24)16-8-4-13(5-9-16)17(22)21-14-6-7-15(21)12-19-11-10-14/h4-5,8-9,14-15,19-20H,6-7,10-12H2,1-3H3. The molecule has 25 heavy (non-hydrogen) atoms. The number of sulfonamides is 1. The van der Waals surface area contributed by atoms with Crippen LogP contribution in [0.5, 0.6) is 0 Å². The van der Waals surface area contributed by atoms with Crippen molar-refractivity contribution >= 4 is 15.9 Å². The van der Waals surface area contributed by atoms with Crippen molar-refractivity contribution in [3.05, 3.63) is 29.8 Å². The molecule has 2 aliphatic heterocycles. The number of amides is 1. The third-order valence-corrected chi connectivity index (χ3v) is 6.51. The van der Waals surface area contributed by atoms with Crippen LogP contribution in [0.2, 0.25) is 0 Å². The summed E-state index contributed by atoms with van der Waals surface area (Å²) in [5.74, 6) is 0.00364. The van der Waals surface area contributed by atoms with E-state index < -0.39 is 15.6 Å². The summed E-state index contributed by atoms with van der Waals surface area (Å²) in [7, 11) is -3.59. The van der Waals surface area contributed by atoms with Crippen molar-refractivity contribution < 1.29 is 13.2 Å². The lowest BCUT2D eigenvalue weighted by Gasteiger charge is -2.28. The molecular weight excluding hydrogens is 338 g/mol. The molecule has 2 aliphatic rings. The van der Waals surface area contributed by atoms with E-state index in [0.29, 0.717) is 11.6 Å². The van der Waals surface area contributed by atoms with Gasteiger partial charge < -0.3 is 10.2 Å². The fourth-order valence-electron chi connectivity index (χ4n) is 3.70. The van der Waals surface area contributed by atoms with E-state index in [9.17, 15) is 13.2 Å². The third-order valence-electron chi connectivity index (χ3n) is 4.74. The van der Waals surface area contributed by atoms with E-state index in [1.807, 2.05) is 4.90 Å². The quantitative estimate of drug-likeness (QED) is 0.855. The highest BCUT2D eigenvalue weighted by Crippen LogP contribution is 2.29. The van der Waals surface area contributed by atoms with E-state index in [4.69, 9.17) is 0 Å². The molecule has 6 nitrogen and oxygen atoms in total. The zero-order chi connectivity index (χ0) is 18.2. The molecule has 0 radical (unpaired) electrons. The van der Waals surface area contributed by atoms with Gasteiger partial charge in [0, 0.05) is 29.7 Å². The maximum Gasteiger partial charge on any atom is 0.254 e. The Balaban J connectivity index is 1.79. The van der Waals surface area contributed by atoms with Crippen LogP contribution in [0, 0.1) is 0 Å². The van der Waals surface area contributed by atoms with Crippen molar-refractivity contribution in [2.45, 2.75) is 62.6 Å². The molecule has 2 bridgehead atoms. The van der Waals surface area contributed by atoms with Gasteiger partial charge in [0.05, 0.1) is 4.90 Å². The number of carbonyl (C=O) groups is 1. The van der Waals surface area contributed by atoms with Crippen LogP contribution in [-0.4, -0.2) is 49.9 Å². The maximum absolute atomic E-state index is 12.9. The van der Waals surface area contributed by atoms with Crippen molar-refractivity contribution in [1.29, 1.82) is 0 Å². The van der Waals surface area contributed by atoms with E-state index in [2.05, 4.69) is 10.0 Å². The van der Waals surface area contributed by atoms with Gasteiger partial charge in [-0.1, -0.05) is 0 Å². The molecule has 1 aromatic rings. The summed E-state index contributed by atoms with van der Waals surface area (Å²) < 4.78 is 27.4. The summed E-state index contributed by atoms with van der Waals surface area (Å²) >= 11 is 0. The number of rotatable bonds is 3. The zero-order valence-electron chi connectivity index (χ0n) is 15.1. The van der Waals surface area contributed by atoms with Gasteiger partial charge in [-0.05, 0) is 70.8 Å². The summed E-state index contributed by atoms with van der Waals surface area (Å²) in [6.45, 7) is 7.17. The summed E-state index contributed by atoms with van der Waals surface area (Å²) in [6, 6.07) is 6.80. The fourth-order valence-corrected chi connectivity index (χ4v) is 5.12. The highest BCUT2D eigenvalue weighted by atomic mass is 32.2. The van der Waals surface area contributed by atoms with Gasteiger partial charge in [-0.3, -0.25) is 4.79 Å². The normalized spacial score (nSPS) is 24.2. The van der Waals surface area contributed by atoms with Crippen molar-refractivity contribution in [1.82, 2.24) is 14.9 Å². The highest BCUT2D eigenvalue weighted by molar-refractivity contribution is 7.89. The van der Waals surface area contributed by atoms with Crippen LogP contribution in [0.1, 0.15) is 50.4 Å². The molecule has 2 atom stereocenters. The summed E-state index contributed by atoms with van der Waals surface area (Å²) in [6.07, 6.45) is 3.07. The van der Waals surface area contributed by atoms with Gasteiger partial charge in [-0.2, -0.15) is 0 Å². The number of fused-ring (bicyclic) bond motifs is 2. The first kappa shape index (κ1) is 18.4. The van der Waals surface area contributed by atoms with Gasteiger partial charge >= 0.3 is 0 Å². The largest absolute Gasteiger partial charge is 0.331 e. The smallest absolute Gasteiger partial charge is 0.254 e. The first-order chi connectivity index (χ1) is 11.7. The van der Waals surface area contributed by atoms with Crippen LogP contribution in [-0.2, 0) is 10.0 Å². The molecule has 138 valence electrons. The topological polar surface area (TPSA) is 78.5 Å². The Hall–Kier alpha value is -1.44. The lowest BCUT2D eigenvalue weighted by molar-refractivity contribution is 0.0680. The van der Waals surface area contributed by atoms with Gasteiger partial charge in [0.15, 0.2) is 0 Å². The summed E-state index contributed by atoms with van der Waals surface area (Å²) in [5.41, 5.74) is -0.000485. The minimum atomic E-state index is -3.59. The van der Waals surface area contributed by atoms with Crippen molar-refractivity contribution in [3.63, 3.8) is 0 Å². The molecule has 0 aliphatic carbocycles. The number of benzene rings is 1. The molecule has 2 heterocycles. The monoisotopic (exact) mass is 365 g/mol. The predicted octanol–water partition coefficient (Wildman–Crippen LogP) is 1.73.